The van der Waals surface area contributed by atoms with Crippen LogP contribution in [0, 0.1) is 12.3 Å². The monoisotopic (exact) mass is 295 g/mol. The van der Waals surface area contributed by atoms with Crippen molar-refractivity contribution in [2.45, 2.75) is 39.2 Å². The van der Waals surface area contributed by atoms with E-state index in [1.54, 1.807) is 19.1 Å². The van der Waals surface area contributed by atoms with Gasteiger partial charge in [-0.05, 0) is 44.4 Å². The smallest absolute Gasteiger partial charge is 0.311 e. The van der Waals surface area contributed by atoms with Gasteiger partial charge in [-0.3, -0.25) is 9.59 Å². The van der Waals surface area contributed by atoms with E-state index in [4.69, 9.17) is 11.6 Å². The van der Waals surface area contributed by atoms with Gasteiger partial charge in [0.1, 0.15) is 0 Å². The van der Waals surface area contributed by atoms with Gasteiger partial charge in [0, 0.05) is 6.04 Å². The fourth-order valence-corrected chi connectivity index (χ4v) is 3.01. The highest BCUT2D eigenvalue weighted by molar-refractivity contribution is 6.33. The van der Waals surface area contributed by atoms with Crippen LogP contribution in [0.25, 0.3) is 0 Å². The summed E-state index contributed by atoms with van der Waals surface area (Å²) in [7, 11) is 0. The molecule has 1 amide bonds. The summed E-state index contributed by atoms with van der Waals surface area (Å²) in [6.45, 7) is 3.58. The molecule has 1 aliphatic carbocycles. The maximum Gasteiger partial charge on any atom is 0.311 e. The van der Waals surface area contributed by atoms with Crippen molar-refractivity contribution in [2.75, 3.05) is 0 Å². The summed E-state index contributed by atoms with van der Waals surface area (Å²) in [5, 5.41) is 12.5. The molecular weight excluding hydrogens is 278 g/mol. The molecule has 2 N–H and O–H groups in total. The molecule has 2 atom stereocenters. The van der Waals surface area contributed by atoms with E-state index in [0.29, 0.717) is 23.4 Å². The molecule has 4 nitrogen and oxygen atoms in total. The first-order valence-electron chi connectivity index (χ1n) is 6.65. The SMILES string of the molecule is Cc1ccc(C(=O)NC2CCCC2(C)C(=O)O)c(Cl)c1. The molecule has 1 aromatic carbocycles. The zero-order valence-corrected chi connectivity index (χ0v) is 12.3. The summed E-state index contributed by atoms with van der Waals surface area (Å²) < 4.78 is 0. The Hall–Kier alpha value is -1.55. The van der Waals surface area contributed by atoms with E-state index in [0.717, 1.165) is 12.0 Å². The lowest BCUT2D eigenvalue weighted by Crippen LogP contribution is -2.47. The summed E-state index contributed by atoms with van der Waals surface area (Å²) in [4.78, 5) is 23.6. The molecule has 0 saturated heterocycles. The number of hydrogen-bond acceptors (Lipinski definition) is 2. The molecule has 0 radical (unpaired) electrons. The van der Waals surface area contributed by atoms with Crippen molar-refractivity contribution in [3.63, 3.8) is 0 Å². The normalized spacial score (nSPS) is 25.4. The van der Waals surface area contributed by atoms with Crippen molar-refractivity contribution in [3.05, 3.63) is 34.3 Å². The molecule has 2 rings (SSSR count). The lowest BCUT2D eigenvalue weighted by Gasteiger charge is -2.27. The van der Waals surface area contributed by atoms with E-state index < -0.39 is 11.4 Å². The Morgan fingerprint density at radius 3 is 2.75 bits per heavy atom. The van der Waals surface area contributed by atoms with E-state index in [-0.39, 0.29) is 11.9 Å². The van der Waals surface area contributed by atoms with Crippen LogP contribution in [0.4, 0.5) is 0 Å². The number of carboxylic acid groups (broad SMARTS) is 1. The van der Waals surface area contributed by atoms with Crippen LogP contribution in [0.5, 0.6) is 0 Å². The van der Waals surface area contributed by atoms with Gasteiger partial charge in [-0.25, -0.2) is 0 Å². The molecule has 108 valence electrons. The van der Waals surface area contributed by atoms with Crippen molar-refractivity contribution in [2.24, 2.45) is 5.41 Å². The Morgan fingerprint density at radius 2 is 2.15 bits per heavy atom. The van der Waals surface area contributed by atoms with Gasteiger partial charge in [0.2, 0.25) is 0 Å². The van der Waals surface area contributed by atoms with Crippen LogP contribution in [0.15, 0.2) is 18.2 Å². The molecule has 0 spiro atoms. The molecular formula is C15H18ClNO3. The fraction of sp³-hybridized carbons (Fsp3) is 0.467. The third-order valence-corrected chi connectivity index (χ3v) is 4.43. The Balaban J connectivity index is 2.17. The van der Waals surface area contributed by atoms with Gasteiger partial charge in [0.05, 0.1) is 16.0 Å². The number of rotatable bonds is 3. The van der Waals surface area contributed by atoms with Gasteiger partial charge in [0.15, 0.2) is 0 Å². The lowest BCUT2D eigenvalue weighted by atomic mass is 9.85. The zero-order chi connectivity index (χ0) is 14.9. The lowest BCUT2D eigenvalue weighted by molar-refractivity contribution is -0.148. The number of carboxylic acids is 1. The number of amides is 1. The number of benzene rings is 1. The third-order valence-electron chi connectivity index (χ3n) is 4.12. The van der Waals surface area contributed by atoms with E-state index in [2.05, 4.69) is 5.32 Å². The summed E-state index contributed by atoms with van der Waals surface area (Å²) >= 11 is 6.07. The number of aliphatic carboxylic acids is 1. The first-order chi connectivity index (χ1) is 9.34. The molecule has 0 heterocycles. The van der Waals surface area contributed by atoms with E-state index in [1.807, 2.05) is 13.0 Å². The maximum atomic E-state index is 12.3. The first kappa shape index (κ1) is 14.9. The van der Waals surface area contributed by atoms with Crippen LogP contribution in [0.3, 0.4) is 0 Å². The van der Waals surface area contributed by atoms with E-state index in [9.17, 15) is 14.7 Å². The van der Waals surface area contributed by atoms with Gasteiger partial charge in [-0.15, -0.1) is 0 Å². The number of hydrogen-bond donors (Lipinski definition) is 2. The topological polar surface area (TPSA) is 66.4 Å². The predicted octanol–water partition coefficient (Wildman–Crippen LogP) is 3.02. The summed E-state index contributed by atoms with van der Waals surface area (Å²) in [6.07, 6.45) is 2.06. The van der Waals surface area contributed by atoms with Crippen LogP contribution >= 0.6 is 11.6 Å². The minimum Gasteiger partial charge on any atom is -0.481 e. The van der Waals surface area contributed by atoms with Crippen molar-refractivity contribution in [3.8, 4) is 0 Å². The summed E-state index contributed by atoms with van der Waals surface area (Å²) in [6, 6.07) is 4.85. The van der Waals surface area contributed by atoms with Crippen LogP contribution in [0.1, 0.15) is 42.1 Å². The van der Waals surface area contributed by atoms with Gasteiger partial charge < -0.3 is 10.4 Å². The molecule has 20 heavy (non-hydrogen) atoms. The van der Waals surface area contributed by atoms with Crippen LogP contribution in [-0.4, -0.2) is 23.0 Å². The highest BCUT2D eigenvalue weighted by Crippen LogP contribution is 2.38. The number of carbonyl (C=O) groups excluding carboxylic acids is 1. The Morgan fingerprint density at radius 1 is 1.45 bits per heavy atom. The number of aryl methyl sites for hydroxylation is 1. The maximum absolute atomic E-state index is 12.3. The average molecular weight is 296 g/mol. The molecule has 0 bridgehead atoms. The van der Waals surface area contributed by atoms with Crippen LogP contribution in [-0.2, 0) is 4.79 Å². The molecule has 1 saturated carbocycles. The second kappa shape index (κ2) is 5.44. The second-order valence-corrected chi connectivity index (χ2v) is 6.03. The molecule has 0 aliphatic heterocycles. The van der Waals surface area contributed by atoms with Gasteiger partial charge in [-0.2, -0.15) is 0 Å². The van der Waals surface area contributed by atoms with Gasteiger partial charge in [-0.1, -0.05) is 24.1 Å². The predicted molar refractivity (Wildman–Crippen MR) is 77.0 cm³/mol. The Bertz CT molecular complexity index is 558. The first-order valence-corrected chi connectivity index (χ1v) is 7.03. The highest BCUT2D eigenvalue weighted by Gasteiger charge is 2.46. The van der Waals surface area contributed by atoms with Gasteiger partial charge in [0.25, 0.3) is 5.91 Å². The molecule has 5 heteroatoms. The Kier molecular flexibility index (Phi) is 4.04. The minimum atomic E-state index is -0.896. The molecule has 0 aromatic heterocycles. The van der Waals surface area contributed by atoms with Crippen molar-refractivity contribution in [1.82, 2.24) is 5.32 Å². The number of nitrogens with one attached hydrogen (secondary N) is 1. The second-order valence-electron chi connectivity index (χ2n) is 5.62. The molecule has 1 aliphatic rings. The number of carbonyl (C=O) groups is 2. The standard InChI is InChI=1S/C15H18ClNO3/c1-9-5-6-10(11(16)8-9)13(18)17-12-4-3-7-15(12,2)14(19)20/h5-6,8,12H,3-4,7H2,1-2H3,(H,17,18)(H,19,20). The van der Waals surface area contributed by atoms with Crippen molar-refractivity contribution in [1.29, 1.82) is 0 Å². The van der Waals surface area contributed by atoms with Crippen LogP contribution in [0.2, 0.25) is 5.02 Å². The Labute approximate surface area is 123 Å². The minimum absolute atomic E-state index is 0.311. The van der Waals surface area contributed by atoms with Gasteiger partial charge >= 0.3 is 5.97 Å². The van der Waals surface area contributed by atoms with Crippen molar-refractivity contribution < 1.29 is 14.7 Å². The largest absolute Gasteiger partial charge is 0.481 e. The number of halogens is 1. The molecule has 1 fully saturated rings. The summed E-state index contributed by atoms with van der Waals surface area (Å²) in [5.41, 5.74) is 0.465. The average Bonchev–Trinajstić information content (AvgIpc) is 2.72. The van der Waals surface area contributed by atoms with Crippen molar-refractivity contribution >= 4 is 23.5 Å². The zero-order valence-electron chi connectivity index (χ0n) is 11.6. The van der Waals surface area contributed by atoms with E-state index >= 15 is 0 Å². The fourth-order valence-electron chi connectivity index (χ4n) is 2.69. The quantitative estimate of drug-likeness (QED) is 0.901. The molecule has 1 aromatic rings. The highest BCUT2D eigenvalue weighted by atomic mass is 35.5. The summed E-state index contributed by atoms with van der Waals surface area (Å²) in [5.74, 6) is -1.18. The van der Waals surface area contributed by atoms with Crippen LogP contribution < -0.4 is 5.32 Å². The van der Waals surface area contributed by atoms with E-state index in [1.165, 1.54) is 0 Å². The molecule has 2 unspecified atom stereocenters. The third kappa shape index (κ3) is 2.66.